The summed E-state index contributed by atoms with van der Waals surface area (Å²) >= 11 is 0. The molecule has 0 heterocycles. The van der Waals surface area contributed by atoms with Crippen LogP contribution in [-0.2, 0) is 10.8 Å². The van der Waals surface area contributed by atoms with Gasteiger partial charge in [0.05, 0.1) is 0 Å². The molecule has 0 spiro atoms. The molecule has 0 radical (unpaired) electrons. The topological polar surface area (TPSA) is 0 Å². The largest absolute Gasteiger partial charge is 0.0796 e. The highest BCUT2D eigenvalue weighted by Crippen LogP contribution is 2.55. The van der Waals surface area contributed by atoms with Gasteiger partial charge in [-0.05, 0) is 140 Å². The fraction of sp³-hybridized carbons (Fsp3) is 0.133. The Balaban J connectivity index is 1.05. The Kier molecular flexibility index (Phi) is 7.55. The quantitative estimate of drug-likeness (QED) is 0.157. The third-order valence-corrected chi connectivity index (χ3v) is 14.6. The Morgan fingerprint density at radius 3 is 1.77 bits per heavy atom. The number of fused-ring (bicyclic) bond motifs is 9. The van der Waals surface area contributed by atoms with Crippen molar-refractivity contribution in [3.63, 3.8) is 0 Å². The first-order chi connectivity index (χ1) is 29.3. The van der Waals surface area contributed by atoms with Crippen molar-refractivity contribution in [3.8, 4) is 55.6 Å². The van der Waals surface area contributed by atoms with Gasteiger partial charge >= 0.3 is 0 Å². The Bertz CT molecular complexity index is 3310. The summed E-state index contributed by atoms with van der Waals surface area (Å²) in [5, 5.41) is 7.65. The number of allylic oxidation sites excluding steroid dienone is 4. The van der Waals surface area contributed by atoms with Crippen LogP contribution in [0.25, 0.3) is 88.0 Å². The van der Waals surface area contributed by atoms with Crippen molar-refractivity contribution in [2.24, 2.45) is 5.92 Å². The highest BCUT2D eigenvalue weighted by Gasteiger charge is 2.44. The lowest BCUT2D eigenvalue weighted by molar-refractivity contribution is 0.394. The van der Waals surface area contributed by atoms with Gasteiger partial charge in [-0.2, -0.15) is 0 Å². The average Bonchev–Trinajstić information content (AvgIpc) is 3.66. The lowest BCUT2D eigenvalue weighted by Crippen LogP contribution is -2.24. The summed E-state index contributed by atoms with van der Waals surface area (Å²) in [5.74, 6) is 0.887. The van der Waals surface area contributed by atoms with Crippen LogP contribution in [0.4, 0.5) is 0 Å². The van der Waals surface area contributed by atoms with Crippen molar-refractivity contribution in [3.05, 3.63) is 216 Å². The standard InChI is InChI=1S/C60H46/c1-59(2)53-19-11-9-15-45(53)47-30-27-43(35-55(47)59)38-21-24-39(25-22-38)57-49-17-7-8-18-50(49)58(44-29-31-48-46-16-10-12-20-54(46)60(3,4)56(48)36-44)52-34-42(28-32-51(52)57)41-26-23-37-13-5-6-14-40(37)33-41/h5-36,46,54H,1-4H3. The molecule has 0 aliphatic heterocycles. The maximum Gasteiger partial charge on any atom is 0.0159 e. The number of hydrogen-bond acceptors (Lipinski definition) is 0. The van der Waals surface area contributed by atoms with E-state index in [2.05, 4.69) is 222 Å². The molecule has 9 aromatic carbocycles. The van der Waals surface area contributed by atoms with Crippen LogP contribution in [0, 0.1) is 5.92 Å². The maximum atomic E-state index is 2.53. The van der Waals surface area contributed by atoms with Gasteiger partial charge in [0.2, 0.25) is 0 Å². The smallest absolute Gasteiger partial charge is 0.0159 e. The minimum absolute atomic E-state index is 0.0272. The van der Waals surface area contributed by atoms with E-state index in [1.54, 1.807) is 0 Å². The second kappa shape index (κ2) is 12.9. The van der Waals surface area contributed by atoms with Crippen molar-refractivity contribution in [2.75, 3.05) is 0 Å². The molecule has 60 heavy (non-hydrogen) atoms. The van der Waals surface area contributed by atoms with Gasteiger partial charge in [0, 0.05) is 11.3 Å². The van der Waals surface area contributed by atoms with Crippen LogP contribution in [-0.4, -0.2) is 0 Å². The fourth-order valence-corrected chi connectivity index (χ4v) is 11.4. The van der Waals surface area contributed by atoms with E-state index in [0.29, 0.717) is 11.8 Å². The SMILES string of the molecule is CC1(C)c2ccccc2-c2ccc(-c3ccc(-c4c5ccccc5c(-c5ccc6c(c5)C(C)(C)C5C=CC=CC65)c5cc(-c6ccc7ccccc7c6)ccc45)cc3)cc21. The molecular formula is C60H46. The zero-order valence-corrected chi connectivity index (χ0v) is 34.6. The van der Waals surface area contributed by atoms with Crippen molar-refractivity contribution in [2.45, 2.75) is 44.4 Å². The van der Waals surface area contributed by atoms with E-state index in [9.17, 15) is 0 Å². The maximum absolute atomic E-state index is 2.53. The predicted molar refractivity (Wildman–Crippen MR) is 256 cm³/mol. The number of benzene rings is 9. The van der Waals surface area contributed by atoms with Gasteiger partial charge in [0.1, 0.15) is 0 Å². The monoisotopic (exact) mass is 766 g/mol. The van der Waals surface area contributed by atoms with E-state index < -0.39 is 0 Å². The van der Waals surface area contributed by atoms with E-state index in [4.69, 9.17) is 0 Å². The Labute approximate surface area is 353 Å². The van der Waals surface area contributed by atoms with Gasteiger partial charge in [-0.25, -0.2) is 0 Å². The summed E-state index contributed by atoms with van der Waals surface area (Å²) in [6, 6.07) is 64.5. The van der Waals surface area contributed by atoms with Crippen LogP contribution in [0.5, 0.6) is 0 Å². The molecule has 0 bridgehead atoms. The van der Waals surface area contributed by atoms with Crippen molar-refractivity contribution < 1.29 is 0 Å². The summed E-state index contributed by atoms with van der Waals surface area (Å²) in [4.78, 5) is 0. The normalized spacial score (nSPS) is 17.8. The van der Waals surface area contributed by atoms with Gasteiger partial charge in [0.25, 0.3) is 0 Å². The van der Waals surface area contributed by atoms with Crippen molar-refractivity contribution in [1.82, 2.24) is 0 Å². The first kappa shape index (κ1) is 35.2. The lowest BCUT2D eigenvalue weighted by atomic mass is 9.74. The van der Waals surface area contributed by atoms with Gasteiger partial charge in [-0.3, -0.25) is 0 Å². The molecule has 3 aliphatic rings. The molecule has 9 aromatic rings. The van der Waals surface area contributed by atoms with E-state index in [0.717, 1.165) is 0 Å². The average molecular weight is 767 g/mol. The molecule has 0 saturated heterocycles. The van der Waals surface area contributed by atoms with Crippen LogP contribution in [0.3, 0.4) is 0 Å². The zero-order valence-electron chi connectivity index (χ0n) is 34.6. The number of hydrogen-bond donors (Lipinski definition) is 0. The molecule has 3 aliphatic carbocycles. The van der Waals surface area contributed by atoms with Crippen LogP contribution in [0.2, 0.25) is 0 Å². The minimum Gasteiger partial charge on any atom is -0.0796 e. The molecule has 0 aromatic heterocycles. The zero-order chi connectivity index (χ0) is 40.3. The first-order valence-electron chi connectivity index (χ1n) is 21.6. The molecule has 2 atom stereocenters. The number of rotatable bonds is 4. The molecule has 2 unspecified atom stereocenters. The lowest BCUT2D eigenvalue weighted by Gasteiger charge is -2.29. The summed E-state index contributed by atoms with van der Waals surface area (Å²) in [7, 11) is 0. The third-order valence-electron chi connectivity index (χ3n) is 14.6. The van der Waals surface area contributed by atoms with Crippen molar-refractivity contribution in [1.29, 1.82) is 0 Å². The van der Waals surface area contributed by atoms with Gasteiger partial charge in [-0.1, -0.05) is 204 Å². The van der Waals surface area contributed by atoms with Crippen molar-refractivity contribution >= 4 is 32.3 Å². The van der Waals surface area contributed by atoms with Gasteiger partial charge in [-0.15, -0.1) is 0 Å². The van der Waals surface area contributed by atoms with E-state index in [1.807, 2.05) is 0 Å². The highest BCUT2D eigenvalue weighted by molar-refractivity contribution is 6.22. The summed E-state index contributed by atoms with van der Waals surface area (Å²) in [6.07, 6.45) is 9.30. The van der Waals surface area contributed by atoms with E-state index >= 15 is 0 Å². The first-order valence-corrected chi connectivity index (χ1v) is 21.6. The summed E-state index contributed by atoms with van der Waals surface area (Å²) in [6.45, 7) is 9.60. The van der Waals surface area contributed by atoms with E-state index in [1.165, 1.54) is 110 Å². The molecule has 0 nitrogen and oxygen atoms in total. The molecule has 0 fully saturated rings. The Morgan fingerprint density at radius 2 is 0.933 bits per heavy atom. The Morgan fingerprint density at radius 1 is 0.367 bits per heavy atom. The second-order valence-corrected chi connectivity index (χ2v) is 18.5. The molecule has 0 saturated carbocycles. The van der Waals surface area contributed by atoms with Crippen LogP contribution < -0.4 is 0 Å². The molecular weight excluding hydrogens is 721 g/mol. The molecule has 0 amide bonds. The fourth-order valence-electron chi connectivity index (χ4n) is 11.4. The van der Waals surface area contributed by atoms with Gasteiger partial charge < -0.3 is 0 Å². The Hall–Kier alpha value is -6.76. The van der Waals surface area contributed by atoms with Crippen LogP contribution in [0.15, 0.2) is 194 Å². The minimum atomic E-state index is -0.0337. The molecule has 0 heteroatoms. The van der Waals surface area contributed by atoms with Gasteiger partial charge in [0.15, 0.2) is 0 Å². The predicted octanol–water partition coefficient (Wildman–Crippen LogP) is 16.2. The van der Waals surface area contributed by atoms with Crippen LogP contribution >= 0.6 is 0 Å². The molecule has 286 valence electrons. The molecule has 0 N–H and O–H groups in total. The second-order valence-electron chi connectivity index (χ2n) is 18.5. The molecule has 12 rings (SSSR count). The van der Waals surface area contributed by atoms with E-state index in [-0.39, 0.29) is 10.8 Å². The van der Waals surface area contributed by atoms with Crippen LogP contribution in [0.1, 0.15) is 55.9 Å². The summed E-state index contributed by atoms with van der Waals surface area (Å²) < 4.78 is 0. The highest BCUT2D eigenvalue weighted by atomic mass is 14.5. The summed E-state index contributed by atoms with van der Waals surface area (Å²) in [5.41, 5.74) is 18.5. The third kappa shape index (κ3) is 5.10.